The Morgan fingerprint density at radius 1 is 1.30 bits per heavy atom. The van der Waals surface area contributed by atoms with E-state index in [2.05, 4.69) is 4.98 Å². The molecule has 0 aliphatic heterocycles. The van der Waals surface area contributed by atoms with E-state index in [0.29, 0.717) is 17.0 Å². The standard InChI is InChI=1S/C17H18N2O3S/c1-11-16(17(22)19(10-15(20)21)13-7-8-13)23-14(18-11)9-12-5-3-2-4-6-12/h2-6,13H,7-10H2,1H3,(H,20,21). The summed E-state index contributed by atoms with van der Waals surface area (Å²) in [5.74, 6) is -1.18. The van der Waals surface area contributed by atoms with Gasteiger partial charge in [-0.1, -0.05) is 30.3 Å². The summed E-state index contributed by atoms with van der Waals surface area (Å²) in [6, 6.07) is 10.0. The van der Waals surface area contributed by atoms with Gasteiger partial charge in [-0.25, -0.2) is 4.98 Å². The lowest BCUT2D eigenvalue weighted by Crippen LogP contribution is -2.37. The number of benzene rings is 1. The molecule has 23 heavy (non-hydrogen) atoms. The number of rotatable bonds is 6. The second-order valence-corrected chi connectivity index (χ2v) is 6.83. The highest BCUT2D eigenvalue weighted by Gasteiger charge is 2.35. The molecule has 3 rings (SSSR count). The summed E-state index contributed by atoms with van der Waals surface area (Å²) in [6.45, 7) is 1.57. The van der Waals surface area contributed by atoms with Gasteiger partial charge in [0.05, 0.1) is 10.7 Å². The minimum atomic E-state index is -0.975. The predicted octanol–water partition coefficient (Wildman–Crippen LogP) is 2.73. The van der Waals surface area contributed by atoms with Crippen LogP contribution in [0.15, 0.2) is 30.3 Å². The molecule has 1 aliphatic rings. The van der Waals surface area contributed by atoms with Crippen molar-refractivity contribution in [3.05, 3.63) is 51.5 Å². The van der Waals surface area contributed by atoms with Crippen molar-refractivity contribution in [2.45, 2.75) is 32.2 Å². The fourth-order valence-electron chi connectivity index (χ4n) is 2.53. The van der Waals surface area contributed by atoms with E-state index in [1.54, 1.807) is 0 Å². The maximum atomic E-state index is 12.7. The Balaban J connectivity index is 1.79. The molecule has 1 heterocycles. The van der Waals surface area contributed by atoms with E-state index in [0.717, 1.165) is 23.4 Å². The molecule has 1 fully saturated rings. The molecule has 1 saturated carbocycles. The Morgan fingerprint density at radius 3 is 2.61 bits per heavy atom. The topological polar surface area (TPSA) is 70.5 Å². The fourth-order valence-corrected chi connectivity index (χ4v) is 3.58. The van der Waals surface area contributed by atoms with Crippen LogP contribution in [0.5, 0.6) is 0 Å². The highest BCUT2D eigenvalue weighted by Crippen LogP contribution is 2.30. The van der Waals surface area contributed by atoms with Crippen LogP contribution in [0.2, 0.25) is 0 Å². The molecule has 0 spiro atoms. The van der Waals surface area contributed by atoms with Crippen molar-refractivity contribution >= 4 is 23.2 Å². The quantitative estimate of drug-likeness (QED) is 0.884. The first-order valence-electron chi connectivity index (χ1n) is 7.57. The summed E-state index contributed by atoms with van der Waals surface area (Å²) in [5, 5.41) is 9.90. The van der Waals surface area contributed by atoms with Crippen molar-refractivity contribution in [2.24, 2.45) is 0 Å². The van der Waals surface area contributed by atoms with Gasteiger partial charge >= 0.3 is 5.97 Å². The number of carboxylic acid groups (broad SMARTS) is 1. The van der Waals surface area contributed by atoms with Crippen LogP contribution in [-0.2, 0) is 11.2 Å². The number of amides is 1. The smallest absolute Gasteiger partial charge is 0.323 e. The number of carbonyl (C=O) groups is 2. The number of hydrogen-bond acceptors (Lipinski definition) is 4. The van der Waals surface area contributed by atoms with Crippen LogP contribution >= 0.6 is 11.3 Å². The van der Waals surface area contributed by atoms with Crippen molar-refractivity contribution in [3.63, 3.8) is 0 Å². The van der Waals surface area contributed by atoms with Gasteiger partial charge in [-0.15, -0.1) is 11.3 Å². The molecule has 5 nitrogen and oxygen atoms in total. The molecule has 1 aromatic carbocycles. The lowest BCUT2D eigenvalue weighted by Gasteiger charge is -2.19. The molecule has 120 valence electrons. The molecule has 1 aromatic heterocycles. The second kappa shape index (κ2) is 6.50. The average Bonchev–Trinajstić information content (AvgIpc) is 3.29. The summed E-state index contributed by atoms with van der Waals surface area (Å²) in [5.41, 5.74) is 1.83. The molecular formula is C17H18N2O3S. The molecule has 1 aliphatic carbocycles. The van der Waals surface area contributed by atoms with Crippen LogP contribution in [0.25, 0.3) is 0 Å². The number of aromatic nitrogens is 1. The maximum Gasteiger partial charge on any atom is 0.323 e. The van der Waals surface area contributed by atoms with Crippen molar-refractivity contribution < 1.29 is 14.7 Å². The first kappa shape index (κ1) is 15.7. The maximum absolute atomic E-state index is 12.7. The normalized spacial score (nSPS) is 13.8. The number of thiazole rings is 1. The van der Waals surface area contributed by atoms with Crippen molar-refractivity contribution in [3.8, 4) is 0 Å². The molecule has 1 amide bonds. The second-order valence-electron chi connectivity index (χ2n) is 5.74. The van der Waals surface area contributed by atoms with Crippen molar-refractivity contribution in [1.29, 1.82) is 0 Å². The minimum Gasteiger partial charge on any atom is -0.480 e. The Labute approximate surface area is 138 Å². The number of carbonyl (C=O) groups excluding carboxylic acids is 1. The van der Waals surface area contributed by atoms with E-state index in [-0.39, 0.29) is 18.5 Å². The number of hydrogen-bond donors (Lipinski definition) is 1. The Morgan fingerprint density at radius 2 is 2.00 bits per heavy atom. The molecule has 1 N–H and O–H groups in total. The fraction of sp³-hybridized carbons (Fsp3) is 0.353. The molecular weight excluding hydrogens is 312 g/mol. The zero-order valence-electron chi connectivity index (χ0n) is 12.9. The van der Waals surface area contributed by atoms with Crippen LogP contribution in [0, 0.1) is 6.92 Å². The first-order valence-corrected chi connectivity index (χ1v) is 8.39. The van der Waals surface area contributed by atoms with Crippen LogP contribution in [0.4, 0.5) is 0 Å². The molecule has 2 aromatic rings. The molecule has 6 heteroatoms. The van der Waals surface area contributed by atoms with Crippen LogP contribution in [0.1, 0.15) is 38.8 Å². The zero-order chi connectivity index (χ0) is 16.4. The minimum absolute atomic E-state index is 0.0673. The Hall–Kier alpha value is -2.21. The third kappa shape index (κ3) is 3.76. The molecule has 0 radical (unpaired) electrons. The highest BCUT2D eigenvalue weighted by atomic mass is 32.1. The van der Waals surface area contributed by atoms with E-state index in [4.69, 9.17) is 5.11 Å². The average molecular weight is 330 g/mol. The van der Waals surface area contributed by atoms with Gasteiger partial charge in [-0.05, 0) is 25.3 Å². The Bertz CT molecular complexity index is 723. The van der Waals surface area contributed by atoms with Gasteiger partial charge in [0.25, 0.3) is 5.91 Å². The van der Waals surface area contributed by atoms with E-state index >= 15 is 0 Å². The van der Waals surface area contributed by atoms with Gasteiger partial charge in [0, 0.05) is 12.5 Å². The van der Waals surface area contributed by atoms with E-state index in [1.807, 2.05) is 37.3 Å². The van der Waals surface area contributed by atoms with E-state index < -0.39 is 5.97 Å². The third-order valence-electron chi connectivity index (χ3n) is 3.79. The lowest BCUT2D eigenvalue weighted by molar-refractivity contribution is -0.137. The lowest BCUT2D eigenvalue weighted by atomic mass is 10.2. The molecule has 0 unspecified atom stereocenters. The van der Waals surface area contributed by atoms with Crippen LogP contribution in [-0.4, -0.2) is 39.5 Å². The first-order chi connectivity index (χ1) is 11.0. The third-order valence-corrected chi connectivity index (χ3v) is 4.93. The number of carboxylic acids is 1. The van der Waals surface area contributed by atoms with Gasteiger partial charge in [-0.2, -0.15) is 0 Å². The van der Waals surface area contributed by atoms with Gasteiger partial charge in [0.15, 0.2) is 0 Å². The SMILES string of the molecule is Cc1nc(Cc2ccccc2)sc1C(=O)N(CC(=O)O)C1CC1. The van der Waals surface area contributed by atoms with Crippen molar-refractivity contribution in [2.75, 3.05) is 6.54 Å². The largest absolute Gasteiger partial charge is 0.480 e. The summed E-state index contributed by atoms with van der Waals surface area (Å²) in [7, 11) is 0. The highest BCUT2D eigenvalue weighted by molar-refractivity contribution is 7.13. The van der Waals surface area contributed by atoms with Crippen molar-refractivity contribution in [1.82, 2.24) is 9.88 Å². The summed E-state index contributed by atoms with van der Waals surface area (Å²) >= 11 is 1.37. The van der Waals surface area contributed by atoms with Crippen LogP contribution < -0.4 is 0 Å². The number of nitrogens with zero attached hydrogens (tertiary/aromatic N) is 2. The van der Waals surface area contributed by atoms with Gasteiger partial charge in [-0.3, -0.25) is 9.59 Å². The Kier molecular flexibility index (Phi) is 4.43. The molecule has 0 atom stereocenters. The van der Waals surface area contributed by atoms with Gasteiger partial charge in [0.1, 0.15) is 11.4 Å². The number of aliphatic carboxylic acids is 1. The van der Waals surface area contributed by atoms with Gasteiger partial charge < -0.3 is 10.0 Å². The molecule has 0 saturated heterocycles. The van der Waals surface area contributed by atoms with Gasteiger partial charge in [0.2, 0.25) is 0 Å². The van der Waals surface area contributed by atoms with Crippen LogP contribution in [0.3, 0.4) is 0 Å². The van der Waals surface area contributed by atoms with E-state index in [9.17, 15) is 9.59 Å². The number of aryl methyl sites for hydroxylation is 1. The predicted molar refractivity (Wildman–Crippen MR) is 87.8 cm³/mol. The molecule has 0 bridgehead atoms. The van der Waals surface area contributed by atoms with E-state index in [1.165, 1.54) is 16.2 Å². The summed E-state index contributed by atoms with van der Waals surface area (Å²) in [6.07, 6.45) is 2.45. The zero-order valence-corrected chi connectivity index (χ0v) is 13.7. The monoisotopic (exact) mass is 330 g/mol. The summed E-state index contributed by atoms with van der Waals surface area (Å²) < 4.78 is 0. The summed E-state index contributed by atoms with van der Waals surface area (Å²) in [4.78, 5) is 30.2.